The Bertz CT molecular complexity index is 165. The van der Waals surface area contributed by atoms with Crippen LogP contribution in [0.5, 0.6) is 0 Å². The first-order valence-electron chi connectivity index (χ1n) is 2.52. The first-order chi connectivity index (χ1) is 3.80. The van der Waals surface area contributed by atoms with E-state index in [1.165, 1.54) is 0 Å². The third kappa shape index (κ3) is 2.55. The summed E-state index contributed by atoms with van der Waals surface area (Å²) in [6, 6.07) is 7.77. The predicted molar refractivity (Wildman–Crippen MR) is 36.2 cm³/mol. The molecule has 0 spiro atoms. The molecule has 0 aliphatic heterocycles. The summed E-state index contributed by atoms with van der Waals surface area (Å²) in [5.74, 6) is 0. The van der Waals surface area contributed by atoms with Gasteiger partial charge in [0.25, 0.3) is 0 Å². The van der Waals surface area contributed by atoms with Crippen LogP contribution >= 0.6 is 11.6 Å². The van der Waals surface area contributed by atoms with Crippen LogP contribution < -0.4 is 0 Å². The predicted octanol–water partition coefficient (Wildman–Crippen LogP) is 2.65. The van der Waals surface area contributed by atoms with E-state index in [1.54, 1.807) is 0 Å². The first-order valence-corrected chi connectivity index (χ1v) is 2.89. The molecule has 0 atom stereocenters. The zero-order chi connectivity index (χ0) is 5.98. The third-order valence-corrected chi connectivity index (χ3v) is 1.50. The van der Waals surface area contributed by atoms with Gasteiger partial charge in [0.2, 0.25) is 0 Å². The molecule has 0 amide bonds. The number of aryl methyl sites for hydroxylation is 1. The maximum Gasteiger partial charge on any atom is 0.0435 e. The maximum atomic E-state index is 5.71. The van der Waals surface area contributed by atoms with Crippen LogP contribution in [-0.4, -0.2) is 0 Å². The average Bonchev–Trinajstić information content (AvgIpc) is 1.77. The second-order valence-corrected chi connectivity index (χ2v) is 2.16. The van der Waals surface area contributed by atoms with Gasteiger partial charge in [0.1, 0.15) is 0 Å². The molecule has 0 heterocycles. The van der Waals surface area contributed by atoms with Gasteiger partial charge >= 0.3 is 0 Å². The Morgan fingerprint density at radius 1 is 1.22 bits per heavy atom. The minimum Gasteiger partial charge on any atom is -0.0841 e. The molecular formula is C7H7AuCl. The van der Waals surface area contributed by atoms with Crippen LogP contribution in [0.15, 0.2) is 24.3 Å². The van der Waals surface area contributed by atoms with Gasteiger partial charge in [0.15, 0.2) is 0 Å². The van der Waals surface area contributed by atoms with Crippen molar-refractivity contribution in [2.45, 2.75) is 6.92 Å². The summed E-state index contributed by atoms with van der Waals surface area (Å²) in [4.78, 5) is 0. The smallest absolute Gasteiger partial charge is 0.0435 e. The molecule has 1 aromatic rings. The fraction of sp³-hybridized carbons (Fsp3) is 0.143. The van der Waals surface area contributed by atoms with Gasteiger partial charge in [-0.1, -0.05) is 29.8 Å². The quantitative estimate of drug-likeness (QED) is 0.644. The van der Waals surface area contributed by atoms with E-state index in [9.17, 15) is 0 Å². The molecule has 0 unspecified atom stereocenters. The van der Waals surface area contributed by atoms with E-state index in [1.807, 2.05) is 31.2 Å². The Morgan fingerprint density at radius 2 is 1.78 bits per heavy atom. The third-order valence-electron chi connectivity index (χ3n) is 1.08. The number of hydrogen-bond donors (Lipinski definition) is 0. The van der Waals surface area contributed by atoms with Gasteiger partial charge in [0.05, 0.1) is 0 Å². The van der Waals surface area contributed by atoms with Gasteiger partial charge < -0.3 is 0 Å². The van der Waals surface area contributed by atoms with Crippen molar-refractivity contribution in [1.29, 1.82) is 0 Å². The SMILES string of the molecule is Cc1ccccc1Cl.[Au]. The molecule has 2 heteroatoms. The number of benzene rings is 1. The van der Waals surface area contributed by atoms with Crippen LogP contribution in [0.3, 0.4) is 0 Å². The van der Waals surface area contributed by atoms with Gasteiger partial charge in [-0.05, 0) is 18.6 Å². The molecule has 0 bridgehead atoms. The van der Waals surface area contributed by atoms with Crippen molar-refractivity contribution in [3.05, 3.63) is 34.9 Å². The molecule has 0 aliphatic carbocycles. The second-order valence-electron chi connectivity index (χ2n) is 1.75. The Hall–Kier alpha value is 0.250. The molecule has 53 valence electrons. The summed E-state index contributed by atoms with van der Waals surface area (Å²) in [5, 5.41) is 0.840. The molecule has 0 N–H and O–H groups in total. The monoisotopic (exact) mass is 323 g/mol. The van der Waals surface area contributed by atoms with Crippen LogP contribution in [-0.2, 0) is 22.4 Å². The largest absolute Gasteiger partial charge is 0.0841 e. The minimum absolute atomic E-state index is 0. The summed E-state index contributed by atoms with van der Waals surface area (Å²) in [6.07, 6.45) is 0. The van der Waals surface area contributed by atoms with Crippen molar-refractivity contribution in [1.82, 2.24) is 0 Å². The average molecular weight is 324 g/mol. The number of halogens is 1. The summed E-state index contributed by atoms with van der Waals surface area (Å²) in [7, 11) is 0. The van der Waals surface area contributed by atoms with Crippen molar-refractivity contribution in [2.75, 3.05) is 0 Å². The van der Waals surface area contributed by atoms with Crippen molar-refractivity contribution in [3.63, 3.8) is 0 Å². The standard InChI is InChI=1S/C7H7Cl.Au/c1-6-4-2-3-5-7(6)8;/h2-5H,1H3;. The van der Waals surface area contributed by atoms with Crippen LogP contribution in [0.25, 0.3) is 0 Å². The zero-order valence-electron chi connectivity index (χ0n) is 4.99. The van der Waals surface area contributed by atoms with Crippen LogP contribution in [0.4, 0.5) is 0 Å². The summed E-state index contributed by atoms with van der Waals surface area (Å²) < 4.78 is 0. The zero-order valence-corrected chi connectivity index (χ0v) is 7.91. The first kappa shape index (κ1) is 9.25. The molecule has 0 aromatic heterocycles. The minimum atomic E-state index is 0. The second kappa shape index (κ2) is 4.13. The molecule has 1 radical (unpaired) electrons. The van der Waals surface area contributed by atoms with E-state index in [-0.39, 0.29) is 22.4 Å². The number of rotatable bonds is 0. The van der Waals surface area contributed by atoms with E-state index in [0.717, 1.165) is 10.6 Å². The van der Waals surface area contributed by atoms with E-state index in [2.05, 4.69) is 0 Å². The molecule has 0 saturated carbocycles. The molecule has 1 rings (SSSR count). The van der Waals surface area contributed by atoms with Gasteiger partial charge in [-0.25, -0.2) is 0 Å². The Balaban J connectivity index is 0.000000640. The van der Waals surface area contributed by atoms with Crippen molar-refractivity contribution < 1.29 is 22.4 Å². The molecule has 9 heavy (non-hydrogen) atoms. The van der Waals surface area contributed by atoms with Crippen molar-refractivity contribution in [3.8, 4) is 0 Å². The maximum absolute atomic E-state index is 5.71. The fourth-order valence-electron chi connectivity index (χ4n) is 0.551. The van der Waals surface area contributed by atoms with Crippen molar-refractivity contribution in [2.24, 2.45) is 0 Å². The van der Waals surface area contributed by atoms with Crippen molar-refractivity contribution >= 4 is 11.6 Å². The van der Waals surface area contributed by atoms with Gasteiger partial charge in [-0.3, -0.25) is 0 Å². The molecular weight excluding hydrogens is 316 g/mol. The topological polar surface area (TPSA) is 0 Å². The van der Waals surface area contributed by atoms with Gasteiger partial charge in [-0.2, -0.15) is 0 Å². The van der Waals surface area contributed by atoms with E-state index in [4.69, 9.17) is 11.6 Å². The van der Waals surface area contributed by atoms with Gasteiger partial charge in [0, 0.05) is 27.4 Å². The summed E-state index contributed by atoms with van der Waals surface area (Å²) in [6.45, 7) is 1.99. The van der Waals surface area contributed by atoms with Crippen LogP contribution in [0.2, 0.25) is 5.02 Å². The fourth-order valence-corrected chi connectivity index (χ4v) is 0.687. The molecule has 0 fully saturated rings. The summed E-state index contributed by atoms with van der Waals surface area (Å²) >= 11 is 5.71. The summed E-state index contributed by atoms with van der Waals surface area (Å²) in [5.41, 5.74) is 1.13. The molecule has 0 saturated heterocycles. The normalized spacial score (nSPS) is 8.22. The van der Waals surface area contributed by atoms with Gasteiger partial charge in [-0.15, -0.1) is 0 Å². The van der Waals surface area contributed by atoms with Crippen LogP contribution in [0, 0.1) is 6.92 Å². The number of hydrogen-bond acceptors (Lipinski definition) is 0. The van der Waals surface area contributed by atoms with Crippen LogP contribution in [0.1, 0.15) is 5.56 Å². The van der Waals surface area contributed by atoms with E-state index < -0.39 is 0 Å². The van der Waals surface area contributed by atoms with E-state index >= 15 is 0 Å². The molecule has 0 aliphatic rings. The molecule has 0 nitrogen and oxygen atoms in total. The van der Waals surface area contributed by atoms with E-state index in [0.29, 0.717) is 0 Å². The Labute approximate surface area is 75.7 Å². The molecule has 1 aromatic carbocycles. The Kier molecular flexibility index (Phi) is 4.24. The Morgan fingerprint density at radius 3 is 2.11 bits per heavy atom.